The Kier molecular flexibility index (Phi) is 3.39. The fourth-order valence-corrected chi connectivity index (χ4v) is 2.24. The molecule has 1 aromatic rings. The molecular weight excluding hydrogens is 231 g/mol. The third-order valence-electron chi connectivity index (χ3n) is 2.58. The summed E-state index contributed by atoms with van der Waals surface area (Å²) in [5, 5.41) is 1.38. The molecule has 0 unspecified atom stereocenters. The van der Waals surface area contributed by atoms with Crippen LogP contribution in [0.4, 0.5) is 5.69 Å². The van der Waals surface area contributed by atoms with Crippen LogP contribution in [-0.4, -0.2) is 31.1 Å². The summed E-state index contributed by atoms with van der Waals surface area (Å²) in [6.07, 6.45) is 0. The first-order valence-electron chi connectivity index (χ1n) is 4.91. The van der Waals surface area contributed by atoms with Crippen LogP contribution < -0.4 is 4.90 Å². The molecule has 81 valence electrons. The highest BCUT2D eigenvalue weighted by molar-refractivity contribution is 6.35. The van der Waals surface area contributed by atoms with Gasteiger partial charge in [-0.3, -0.25) is 4.90 Å². The Morgan fingerprint density at radius 1 is 0.933 bits per heavy atom. The number of halogens is 2. The van der Waals surface area contributed by atoms with Gasteiger partial charge in [-0.05, 0) is 18.2 Å². The van der Waals surface area contributed by atoms with E-state index in [9.17, 15) is 0 Å². The number of benzene rings is 1. The van der Waals surface area contributed by atoms with Crippen LogP contribution in [0.3, 0.4) is 0 Å². The molecule has 15 heavy (non-hydrogen) atoms. The number of rotatable bonds is 1. The van der Waals surface area contributed by atoms with Crippen molar-refractivity contribution in [3.05, 3.63) is 35.3 Å². The molecule has 4 heteroatoms. The molecule has 0 aromatic heterocycles. The van der Waals surface area contributed by atoms with Gasteiger partial charge >= 0.3 is 0 Å². The van der Waals surface area contributed by atoms with E-state index in [1.165, 1.54) is 0 Å². The Morgan fingerprint density at radius 3 is 2.00 bits per heavy atom. The van der Waals surface area contributed by atoms with Gasteiger partial charge in [0.25, 0.3) is 0 Å². The summed E-state index contributed by atoms with van der Waals surface area (Å²) in [7, 11) is 3.92. The molecule has 1 aliphatic rings. The summed E-state index contributed by atoms with van der Waals surface area (Å²) in [4.78, 5) is 4.35. The van der Waals surface area contributed by atoms with E-state index in [1.54, 1.807) is 6.07 Å². The third-order valence-corrected chi connectivity index (χ3v) is 3.02. The number of piperazine rings is 1. The number of nitrogens with zero attached hydrogens (tertiary/aromatic N) is 2. The highest BCUT2D eigenvalue weighted by Gasteiger charge is 2.14. The van der Waals surface area contributed by atoms with Gasteiger partial charge in [-0.1, -0.05) is 23.2 Å². The fourth-order valence-electron chi connectivity index (χ4n) is 1.73. The van der Waals surface area contributed by atoms with Crippen molar-refractivity contribution < 1.29 is 0 Å². The molecule has 1 aromatic carbocycles. The van der Waals surface area contributed by atoms with Crippen LogP contribution in [0.2, 0.25) is 10.0 Å². The monoisotopic (exact) mass is 243 g/mol. The molecule has 1 fully saturated rings. The smallest absolute Gasteiger partial charge is 0.0441 e. The standard InChI is InChI=1S/C11H13Cl2N2/c1-14-2-4-15(5-3-14)11-7-9(12)6-10(13)8-11/h6-8H,1-5H2. The number of anilines is 1. The van der Waals surface area contributed by atoms with Crippen LogP contribution >= 0.6 is 23.2 Å². The minimum Gasteiger partial charge on any atom is -0.369 e. The van der Waals surface area contributed by atoms with Crippen molar-refractivity contribution in [3.8, 4) is 0 Å². The third kappa shape index (κ3) is 2.77. The maximum Gasteiger partial charge on any atom is 0.0441 e. The van der Waals surface area contributed by atoms with Crippen molar-refractivity contribution in [2.45, 2.75) is 0 Å². The molecule has 0 bridgehead atoms. The van der Waals surface area contributed by atoms with Crippen LogP contribution in [0.25, 0.3) is 0 Å². The second kappa shape index (κ2) is 4.60. The van der Waals surface area contributed by atoms with Gasteiger partial charge in [-0.2, -0.15) is 0 Å². The Bertz CT molecular complexity index is 326. The molecule has 0 aliphatic carbocycles. The highest BCUT2D eigenvalue weighted by Crippen LogP contribution is 2.26. The van der Waals surface area contributed by atoms with Gasteiger partial charge in [0.2, 0.25) is 0 Å². The Labute approximate surface area is 100 Å². The summed E-state index contributed by atoms with van der Waals surface area (Å²) in [5.41, 5.74) is 1.10. The molecule has 2 rings (SSSR count). The zero-order valence-electron chi connectivity index (χ0n) is 8.42. The highest BCUT2D eigenvalue weighted by atomic mass is 35.5. The SMILES string of the molecule is [CH2]N1CCN(c2cc(Cl)cc(Cl)c2)CC1. The lowest BCUT2D eigenvalue weighted by Gasteiger charge is -2.34. The maximum absolute atomic E-state index is 5.96. The van der Waals surface area contributed by atoms with Crippen LogP contribution in [0.15, 0.2) is 18.2 Å². The van der Waals surface area contributed by atoms with E-state index in [2.05, 4.69) is 16.8 Å². The zero-order valence-corrected chi connectivity index (χ0v) is 9.93. The summed E-state index contributed by atoms with van der Waals surface area (Å²) in [5.74, 6) is 0. The molecule has 1 heterocycles. The summed E-state index contributed by atoms with van der Waals surface area (Å²) in [6, 6.07) is 5.66. The molecule has 0 amide bonds. The van der Waals surface area contributed by atoms with Gasteiger partial charge in [-0.25, -0.2) is 0 Å². The van der Waals surface area contributed by atoms with Crippen LogP contribution in [0.1, 0.15) is 0 Å². The topological polar surface area (TPSA) is 6.48 Å². The van der Waals surface area contributed by atoms with Gasteiger partial charge in [0.15, 0.2) is 0 Å². The van der Waals surface area contributed by atoms with Crippen molar-refractivity contribution in [1.29, 1.82) is 0 Å². The minimum absolute atomic E-state index is 0.689. The maximum atomic E-state index is 5.96. The second-order valence-corrected chi connectivity index (χ2v) is 4.61. The second-order valence-electron chi connectivity index (χ2n) is 3.73. The molecule has 1 radical (unpaired) electrons. The number of hydrogen-bond donors (Lipinski definition) is 0. The van der Waals surface area contributed by atoms with E-state index in [1.807, 2.05) is 12.1 Å². The van der Waals surface area contributed by atoms with Crippen LogP contribution in [0.5, 0.6) is 0 Å². The van der Waals surface area contributed by atoms with Gasteiger partial charge in [0.1, 0.15) is 0 Å². The van der Waals surface area contributed by atoms with Crippen molar-refractivity contribution in [2.24, 2.45) is 0 Å². The predicted octanol–water partition coefficient (Wildman–Crippen LogP) is 2.91. The lowest BCUT2D eigenvalue weighted by atomic mass is 10.2. The molecular formula is C11H13Cl2N2. The number of hydrogen-bond acceptors (Lipinski definition) is 2. The van der Waals surface area contributed by atoms with Crippen LogP contribution in [0, 0.1) is 7.05 Å². The van der Waals surface area contributed by atoms with Gasteiger partial charge in [0, 0.05) is 49.0 Å². The van der Waals surface area contributed by atoms with E-state index in [-0.39, 0.29) is 0 Å². The van der Waals surface area contributed by atoms with Gasteiger partial charge < -0.3 is 4.90 Å². The Balaban J connectivity index is 2.15. The fraction of sp³-hybridized carbons (Fsp3) is 0.364. The van der Waals surface area contributed by atoms with Crippen molar-refractivity contribution >= 4 is 28.9 Å². The molecule has 0 N–H and O–H groups in total. The van der Waals surface area contributed by atoms with E-state index >= 15 is 0 Å². The first-order chi connectivity index (χ1) is 7.15. The largest absolute Gasteiger partial charge is 0.369 e. The predicted molar refractivity (Wildman–Crippen MR) is 65.6 cm³/mol. The van der Waals surface area contributed by atoms with E-state index in [0.717, 1.165) is 31.9 Å². The molecule has 0 atom stereocenters. The molecule has 0 spiro atoms. The zero-order chi connectivity index (χ0) is 10.8. The Morgan fingerprint density at radius 2 is 1.47 bits per heavy atom. The lowest BCUT2D eigenvalue weighted by molar-refractivity contribution is 0.344. The lowest BCUT2D eigenvalue weighted by Crippen LogP contribution is -2.43. The van der Waals surface area contributed by atoms with E-state index < -0.39 is 0 Å². The molecule has 1 aliphatic heterocycles. The summed E-state index contributed by atoms with van der Waals surface area (Å²) >= 11 is 11.9. The average Bonchev–Trinajstić information content (AvgIpc) is 2.17. The van der Waals surface area contributed by atoms with E-state index in [0.29, 0.717) is 10.0 Å². The van der Waals surface area contributed by atoms with Crippen molar-refractivity contribution in [2.75, 3.05) is 31.1 Å². The normalized spacial score (nSPS) is 18.2. The molecule has 0 saturated carbocycles. The first kappa shape index (κ1) is 11.1. The Hall–Kier alpha value is -0.440. The summed E-state index contributed by atoms with van der Waals surface area (Å²) in [6.45, 7) is 3.90. The minimum atomic E-state index is 0.689. The van der Waals surface area contributed by atoms with Crippen molar-refractivity contribution in [1.82, 2.24) is 4.90 Å². The average molecular weight is 244 g/mol. The summed E-state index contributed by atoms with van der Waals surface area (Å²) < 4.78 is 0. The quantitative estimate of drug-likeness (QED) is 0.749. The first-order valence-corrected chi connectivity index (χ1v) is 5.67. The molecule has 2 nitrogen and oxygen atoms in total. The van der Waals surface area contributed by atoms with Crippen LogP contribution in [-0.2, 0) is 0 Å². The van der Waals surface area contributed by atoms with E-state index in [4.69, 9.17) is 23.2 Å². The molecule has 1 saturated heterocycles. The van der Waals surface area contributed by atoms with Gasteiger partial charge in [-0.15, -0.1) is 0 Å². The van der Waals surface area contributed by atoms with Gasteiger partial charge in [0.05, 0.1) is 0 Å². The van der Waals surface area contributed by atoms with Crippen molar-refractivity contribution in [3.63, 3.8) is 0 Å².